The first-order chi connectivity index (χ1) is 9.93. The lowest BCUT2D eigenvalue weighted by molar-refractivity contribution is 0.163. The van der Waals surface area contributed by atoms with Gasteiger partial charge in [0.25, 0.3) is 0 Å². The third-order valence-corrected chi connectivity index (χ3v) is 2.97. The minimum Gasteiger partial charge on any atom is -0.491 e. The van der Waals surface area contributed by atoms with Gasteiger partial charge in [-0.1, -0.05) is 6.07 Å². The van der Waals surface area contributed by atoms with Crippen LogP contribution in [0.1, 0.15) is 25.8 Å². The fourth-order valence-corrected chi connectivity index (χ4v) is 1.72. The fraction of sp³-hybridized carbons (Fsp3) is 0.533. The van der Waals surface area contributed by atoms with Crippen molar-refractivity contribution in [2.45, 2.75) is 32.9 Å². The fourth-order valence-electron chi connectivity index (χ4n) is 1.72. The molecule has 6 heteroatoms. The molecule has 0 fully saturated rings. The molecule has 0 radical (unpaired) electrons. The number of ether oxygens (including phenoxy) is 1. The molecule has 0 aromatic heterocycles. The number of hydrogen-bond acceptors (Lipinski definition) is 3. The number of benzene rings is 1. The van der Waals surface area contributed by atoms with Gasteiger partial charge in [0.1, 0.15) is 0 Å². The Morgan fingerprint density at radius 1 is 1.52 bits per heavy atom. The summed E-state index contributed by atoms with van der Waals surface area (Å²) in [5, 5.41) is 11.9. The molecular formula is C15H23FN2O3. The Labute approximate surface area is 124 Å². The summed E-state index contributed by atoms with van der Waals surface area (Å²) in [4.78, 5) is 13.3. The highest BCUT2D eigenvalue weighted by molar-refractivity contribution is 5.73. The summed E-state index contributed by atoms with van der Waals surface area (Å²) in [5.74, 6) is -0.229. The van der Waals surface area contributed by atoms with Crippen molar-refractivity contribution >= 4 is 6.03 Å². The van der Waals surface area contributed by atoms with E-state index in [1.54, 1.807) is 33.0 Å². The van der Waals surface area contributed by atoms with E-state index in [9.17, 15) is 14.3 Å². The molecule has 0 aliphatic rings. The summed E-state index contributed by atoms with van der Waals surface area (Å²) in [7, 11) is 1.65. The smallest absolute Gasteiger partial charge is 0.317 e. The lowest BCUT2D eigenvalue weighted by Crippen LogP contribution is -2.38. The number of amides is 2. The van der Waals surface area contributed by atoms with Crippen LogP contribution in [0.2, 0.25) is 0 Å². The van der Waals surface area contributed by atoms with Gasteiger partial charge in [0.05, 0.1) is 12.7 Å². The monoisotopic (exact) mass is 298 g/mol. The molecule has 1 rings (SSSR count). The SMILES string of the molecule is CCOc1ccc(CNC(=O)N(C)CCC(C)O)cc1F. The van der Waals surface area contributed by atoms with Gasteiger partial charge in [-0.15, -0.1) is 0 Å². The van der Waals surface area contributed by atoms with Crippen molar-refractivity contribution in [2.75, 3.05) is 20.2 Å². The van der Waals surface area contributed by atoms with Crippen LogP contribution in [0.5, 0.6) is 5.75 Å². The Morgan fingerprint density at radius 2 is 2.24 bits per heavy atom. The van der Waals surface area contributed by atoms with Gasteiger partial charge in [-0.3, -0.25) is 0 Å². The van der Waals surface area contributed by atoms with Crippen LogP contribution < -0.4 is 10.1 Å². The second-order valence-corrected chi connectivity index (χ2v) is 4.92. The molecule has 2 N–H and O–H groups in total. The number of carbonyl (C=O) groups excluding carboxylic acids is 1. The van der Waals surface area contributed by atoms with E-state index >= 15 is 0 Å². The Balaban J connectivity index is 2.47. The average molecular weight is 298 g/mol. The lowest BCUT2D eigenvalue weighted by Gasteiger charge is -2.18. The Kier molecular flexibility index (Phi) is 6.94. The minimum absolute atomic E-state index is 0.210. The van der Waals surface area contributed by atoms with Gasteiger partial charge in [-0.05, 0) is 38.0 Å². The van der Waals surface area contributed by atoms with E-state index in [0.717, 1.165) is 0 Å². The highest BCUT2D eigenvalue weighted by atomic mass is 19.1. The number of urea groups is 1. The summed E-state index contributed by atoms with van der Waals surface area (Å²) in [6.07, 6.45) is 0.0715. The first kappa shape index (κ1) is 17.2. The maximum atomic E-state index is 13.7. The van der Waals surface area contributed by atoms with Crippen molar-refractivity contribution in [3.8, 4) is 5.75 Å². The first-order valence-electron chi connectivity index (χ1n) is 7.02. The Bertz CT molecular complexity index is 466. The first-order valence-corrected chi connectivity index (χ1v) is 7.02. The molecule has 5 nitrogen and oxygen atoms in total. The van der Waals surface area contributed by atoms with Crippen molar-refractivity contribution in [1.82, 2.24) is 10.2 Å². The maximum Gasteiger partial charge on any atom is 0.317 e. The van der Waals surface area contributed by atoms with E-state index in [1.165, 1.54) is 11.0 Å². The molecule has 1 atom stereocenters. The third-order valence-electron chi connectivity index (χ3n) is 2.97. The summed E-state index contributed by atoms with van der Waals surface area (Å²) < 4.78 is 18.8. The van der Waals surface area contributed by atoms with Crippen LogP contribution in [0.15, 0.2) is 18.2 Å². The number of halogens is 1. The van der Waals surface area contributed by atoms with Crippen LogP contribution in [0, 0.1) is 5.82 Å². The molecule has 0 bridgehead atoms. The quantitative estimate of drug-likeness (QED) is 0.810. The number of nitrogens with zero attached hydrogens (tertiary/aromatic N) is 1. The van der Waals surface area contributed by atoms with Crippen LogP contribution >= 0.6 is 0 Å². The molecule has 0 saturated carbocycles. The Morgan fingerprint density at radius 3 is 2.81 bits per heavy atom. The van der Waals surface area contributed by atoms with Crippen LogP contribution in [-0.4, -0.2) is 42.3 Å². The molecule has 0 aliphatic heterocycles. The van der Waals surface area contributed by atoms with E-state index in [-0.39, 0.29) is 18.3 Å². The average Bonchev–Trinajstić information content (AvgIpc) is 2.44. The zero-order chi connectivity index (χ0) is 15.8. The summed E-state index contributed by atoms with van der Waals surface area (Å²) in [6, 6.07) is 4.35. The minimum atomic E-state index is -0.444. The third kappa shape index (κ3) is 5.99. The van der Waals surface area contributed by atoms with E-state index in [1.807, 2.05) is 0 Å². The lowest BCUT2D eigenvalue weighted by atomic mass is 10.2. The number of aliphatic hydroxyl groups is 1. The van der Waals surface area contributed by atoms with Crippen molar-refractivity contribution in [1.29, 1.82) is 0 Å². The van der Waals surface area contributed by atoms with Gasteiger partial charge >= 0.3 is 6.03 Å². The van der Waals surface area contributed by atoms with Gasteiger partial charge in [0, 0.05) is 20.1 Å². The van der Waals surface area contributed by atoms with Crippen molar-refractivity contribution < 1.29 is 19.0 Å². The van der Waals surface area contributed by atoms with Gasteiger partial charge < -0.3 is 20.1 Å². The highest BCUT2D eigenvalue weighted by Crippen LogP contribution is 2.18. The van der Waals surface area contributed by atoms with E-state index in [2.05, 4.69) is 5.32 Å². The molecule has 0 heterocycles. The molecule has 1 aromatic rings. The number of carbonyl (C=O) groups is 1. The van der Waals surface area contributed by atoms with E-state index in [0.29, 0.717) is 25.1 Å². The second kappa shape index (κ2) is 8.46. The molecular weight excluding hydrogens is 275 g/mol. The molecule has 2 amide bonds. The van der Waals surface area contributed by atoms with Gasteiger partial charge in [0.2, 0.25) is 0 Å². The molecule has 1 unspecified atom stereocenters. The van der Waals surface area contributed by atoms with Gasteiger partial charge in [-0.25, -0.2) is 9.18 Å². The standard InChI is InChI=1S/C15H23FN2O3/c1-4-21-14-6-5-12(9-13(14)16)10-17-15(20)18(3)8-7-11(2)19/h5-6,9,11,19H,4,7-8,10H2,1-3H3,(H,17,20). The predicted molar refractivity (Wildman–Crippen MR) is 78.7 cm³/mol. The van der Waals surface area contributed by atoms with Gasteiger partial charge in [0.15, 0.2) is 11.6 Å². The molecule has 1 aromatic carbocycles. The van der Waals surface area contributed by atoms with Gasteiger partial charge in [-0.2, -0.15) is 0 Å². The molecule has 0 saturated heterocycles. The van der Waals surface area contributed by atoms with Crippen molar-refractivity contribution in [2.24, 2.45) is 0 Å². The van der Waals surface area contributed by atoms with Crippen LogP contribution in [0.25, 0.3) is 0 Å². The maximum absolute atomic E-state index is 13.7. The number of rotatable bonds is 7. The summed E-state index contributed by atoms with van der Waals surface area (Å²) in [5.41, 5.74) is 0.660. The zero-order valence-electron chi connectivity index (χ0n) is 12.7. The normalized spacial score (nSPS) is 11.9. The number of aliphatic hydroxyl groups excluding tert-OH is 1. The highest BCUT2D eigenvalue weighted by Gasteiger charge is 2.10. The van der Waals surface area contributed by atoms with E-state index < -0.39 is 11.9 Å². The zero-order valence-corrected chi connectivity index (χ0v) is 12.7. The van der Waals surface area contributed by atoms with Crippen molar-refractivity contribution in [3.05, 3.63) is 29.6 Å². The Hall–Kier alpha value is -1.82. The molecule has 0 aliphatic carbocycles. The second-order valence-electron chi connectivity index (χ2n) is 4.92. The largest absolute Gasteiger partial charge is 0.491 e. The topological polar surface area (TPSA) is 61.8 Å². The van der Waals surface area contributed by atoms with Crippen LogP contribution in [-0.2, 0) is 6.54 Å². The number of nitrogens with one attached hydrogen (secondary N) is 1. The van der Waals surface area contributed by atoms with Crippen LogP contribution in [0.3, 0.4) is 0 Å². The van der Waals surface area contributed by atoms with Crippen molar-refractivity contribution in [3.63, 3.8) is 0 Å². The molecule has 0 spiro atoms. The predicted octanol–water partition coefficient (Wildman–Crippen LogP) is 2.14. The number of hydrogen-bond donors (Lipinski definition) is 2. The molecule has 118 valence electrons. The molecule has 21 heavy (non-hydrogen) atoms. The van der Waals surface area contributed by atoms with Crippen LogP contribution in [0.4, 0.5) is 9.18 Å². The summed E-state index contributed by atoms with van der Waals surface area (Å²) in [6.45, 7) is 4.56. The van der Waals surface area contributed by atoms with E-state index in [4.69, 9.17) is 4.74 Å². The summed E-state index contributed by atoms with van der Waals surface area (Å²) >= 11 is 0.